The molecule has 0 radical (unpaired) electrons. The Kier molecular flexibility index (Phi) is 5.31. The van der Waals surface area contributed by atoms with Gasteiger partial charge in [-0.1, -0.05) is 47.0 Å². The molecular weight excluding hydrogens is 340 g/mol. The number of ketones is 2. The lowest BCUT2D eigenvalue weighted by atomic mass is 9.63. The minimum atomic E-state index is -0.447. The van der Waals surface area contributed by atoms with Gasteiger partial charge in [0.1, 0.15) is 11.5 Å². The summed E-state index contributed by atoms with van der Waals surface area (Å²) in [7, 11) is 0. The van der Waals surface area contributed by atoms with Crippen molar-refractivity contribution in [2.45, 2.75) is 85.5 Å². The fourth-order valence-electron chi connectivity index (χ4n) is 5.39. The molecule has 0 unspecified atom stereocenters. The van der Waals surface area contributed by atoms with Gasteiger partial charge >= 0.3 is 0 Å². The number of aliphatic hydroxyl groups is 2. The van der Waals surface area contributed by atoms with Crippen molar-refractivity contribution in [1.29, 1.82) is 0 Å². The first-order valence-corrected chi connectivity index (χ1v) is 10.4. The highest BCUT2D eigenvalue weighted by Crippen LogP contribution is 2.48. The van der Waals surface area contributed by atoms with Crippen molar-refractivity contribution < 1.29 is 19.8 Å². The zero-order chi connectivity index (χ0) is 20.0. The van der Waals surface area contributed by atoms with Crippen LogP contribution >= 0.6 is 0 Å². The summed E-state index contributed by atoms with van der Waals surface area (Å²) in [5, 5.41) is 21.7. The third-order valence-electron chi connectivity index (χ3n) is 6.54. The van der Waals surface area contributed by atoms with Gasteiger partial charge in [-0.05, 0) is 29.6 Å². The topological polar surface area (TPSA) is 74.6 Å². The molecule has 4 nitrogen and oxygen atoms in total. The quantitative estimate of drug-likeness (QED) is 0.676. The van der Waals surface area contributed by atoms with Crippen molar-refractivity contribution in [3.05, 3.63) is 22.7 Å². The van der Waals surface area contributed by atoms with E-state index in [1.807, 2.05) is 27.7 Å². The highest BCUT2D eigenvalue weighted by Gasteiger charge is 2.45. The van der Waals surface area contributed by atoms with Crippen molar-refractivity contribution in [2.24, 2.45) is 22.7 Å². The molecule has 1 saturated carbocycles. The van der Waals surface area contributed by atoms with Crippen LogP contribution in [0.25, 0.3) is 0 Å². The number of carbonyl (C=O) groups is 2. The molecule has 0 aliphatic heterocycles. The van der Waals surface area contributed by atoms with Gasteiger partial charge in [0.05, 0.1) is 0 Å². The van der Waals surface area contributed by atoms with E-state index < -0.39 is 5.92 Å². The molecule has 1 fully saturated rings. The second-order valence-electron chi connectivity index (χ2n) is 10.5. The Morgan fingerprint density at radius 3 is 1.52 bits per heavy atom. The number of aliphatic hydroxyl groups excluding tert-OH is 2. The normalized spacial score (nSPS) is 26.9. The third kappa shape index (κ3) is 4.14. The maximum Gasteiger partial charge on any atom is 0.163 e. The highest BCUT2D eigenvalue weighted by atomic mass is 16.3. The molecule has 3 aliphatic rings. The molecule has 3 aliphatic carbocycles. The summed E-state index contributed by atoms with van der Waals surface area (Å²) in [4.78, 5) is 26.1. The van der Waals surface area contributed by atoms with Gasteiger partial charge in [-0.2, -0.15) is 0 Å². The number of hydrogen-bond donors (Lipinski definition) is 2. The average molecular weight is 375 g/mol. The predicted octanol–water partition coefficient (Wildman–Crippen LogP) is 5.59. The fraction of sp³-hybridized carbons (Fsp3) is 0.739. The molecule has 0 spiro atoms. The largest absolute Gasteiger partial charge is 0.512 e. The van der Waals surface area contributed by atoms with Gasteiger partial charge in [0, 0.05) is 42.7 Å². The molecular formula is C23H34O4. The van der Waals surface area contributed by atoms with Crippen LogP contribution in [0, 0.1) is 22.7 Å². The molecule has 150 valence electrons. The van der Waals surface area contributed by atoms with E-state index in [4.69, 9.17) is 0 Å². The van der Waals surface area contributed by atoms with Crippen LogP contribution in [0.15, 0.2) is 22.7 Å². The van der Waals surface area contributed by atoms with Crippen LogP contribution in [-0.2, 0) is 9.59 Å². The van der Waals surface area contributed by atoms with Crippen LogP contribution < -0.4 is 0 Å². The molecule has 0 atom stereocenters. The molecule has 0 amide bonds. The molecule has 4 heteroatoms. The second-order valence-corrected chi connectivity index (χ2v) is 10.5. The lowest BCUT2D eigenvalue weighted by molar-refractivity contribution is -0.120. The number of hydrogen-bond acceptors (Lipinski definition) is 4. The summed E-state index contributed by atoms with van der Waals surface area (Å²) in [6, 6.07) is 0. The van der Waals surface area contributed by atoms with E-state index in [2.05, 4.69) is 0 Å². The maximum absolute atomic E-state index is 13.1. The molecule has 2 N–H and O–H groups in total. The van der Waals surface area contributed by atoms with Gasteiger partial charge in [-0.25, -0.2) is 0 Å². The van der Waals surface area contributed by atoms with E-state index in [9.17, 15) is 19.8 Å². The van der Waals surface area contributed by atoms with Gasteiger partial charge in [0.15, 0.2) is 11.6 Å². The highest BCUT2D eigenvalue weighted by molar-refractivity contribution is 6.03. The lowest BCUT2D eigenvalue weighted by Gasteiger charge is -2.40. The monoisotopic (exact) mass is 374 g/mol. The van der Waals surface area contributed by atoms with Crippen molar-refractivity contribution >= 4 is 11.6 Å². The molecule has 3 rings (SSSR count). The van der Waals surface area contributed by atoms with E-state index in [1.54, 1.807) is 0 Å². The Bertz CT molecular complexity index is 650. The Hall–Kier alpha value is -1.58. The molecule has 0 aromatic rings. The summed E-state index contributed by atoms with van der Waals surface area (Å²) in [5.41, 5.74) is 0.291. The van der Waals surface area contributed by atoms with E-state index >= 15 is 0 Å². The van der Waals surface area contributed by atoms with E-state index in [0.29, 0.717) is 36.8 Å². The Balaban J connectivity index is 2.10. The van der Waals surface area contributed by atoms with Crippen LogP contribution in [0.2, 0.25) is 0 Å². The van der Waals surface area contributed by atoms with E-state index in [1.165, 1.54) is 6.42 Å². The van der Waals surface area contributed by atoms with Crippen molar-refractivity contribution in [3.8, 4) is 0 Å². The van der Waals surface area contributed by atoms with Gasteiger partial charge in [-0.15, -0.1) is 0 Å². The summed E-state index contributed by atoms with van der Waals surface area (Å²) in [6.07, 6.45) is 6.84. The smallest absolute Gasteiger partial charge is 0.163 e. The van der Waals surface area contributed by atoms with Crippen LogP contribution in [0.5, 0.6) is 0 Å². The summed E-state index contributed by atoms with van der Waals surface area (Å²) in [5.74, 6) is -0.162. The van der Waals surface area contributed by atoms with E-state index in [-0.39, 0.29) is 39.8 Å². The number of carbonyl (C=O) groups excluding carboxylic acids is 2. The lowest BCUT2D eigenvalue weighted by Crippen LogP contribution is -2.37. The zero-order valence-corrected chi connectivity index (χ0v) is 17.2. The van der Waals surface area contributed by atoms with Crippen LogP contribution in [0.1, 0.15) is 85.5 Å². The molecule has 0 aromatic carbocycles. The van der Waals surface area contributed by atoms with Crippen molar-refractivity contribution in [2.75, 3.05) is 0 Å². The number of allylic oxidation sites excluding steroid dienone is 4. The Labute approximate surface area is 162 Å². The second kappa shape index (κ2) is 7.10. The number of Topliss-reactive ketones (excluding diaryl/α,β-unsaturated/α-hetero) is 2. The third-order valence-corrected chi connectivity index (χ3v) is 6.54. The predicted molar refractivity (Wildman–Crippen MR) is 105 cm³/mol. The minimum Gasteiger partial charge on any atom is -0.512 e. The molecule has 0 saturated heterocycles. The van der Waals surface area contributed by atoms with Crippen molar-refractivity contribution in [1.82, 2.24) is 0 Å². The van der Waals surface area contributed by atoms with Crippen LogP contribution in [0.3, 0.4) is 0 Å². The van der Waals surface area contributed by atoms with Crippen LogP contribution in [0.4, 0.5) is 0 Å². The standard InChI is InChI=1S/C23H34O4/c1-22(2)10-15(24)20(16(25)11-22)19(14-8-6-5-7-9-14)21-17(26)12-23(3,4)13-18(21)27/h14,19,24,26H,5-13H2,1-4H3. The Morgan fingerprint density at radius 1 is 0.741 bits per heavy atom. The average Bonchev–Trinajstić information content (AvgIpc) is 2.50. The fourth-order valence-corrected chi connectivity index (χ4v) is 5.39. The number of rotatable bonds is 3. The van der Waals surface area contributed by atoms with Gasteiger partial charge in [0.2, 0.25) is 0 Å². The van der Waals surface area contributed by atoms with E-state index in [0.717, 1.165) is 25.7 Å². The molecule has 0 heterocycles. The summed E-state index contributed by atoms with van der Waals surface area (Å²) < 4.78 is 0. The first-order chi connectivity index (χ1) is 12.5. The summed E-state index contributed by atoms with van der Waals surface area (Å²) in [6.45, 7) is 7.94. The zero-order valence-electron chi connectivity index (χ0n) is 17.2. The molecule has 0 bridgehead atoms. The minimum absolute atomic E-state index is 0.0581. The first-order valence-electron chi connectivity index (χ1n) is 10.4. The maximum atomic E-state index is 13.1. The Morgan fingerprint density at radius 2 is 1.15 bits per heavy atom. The summed E-state index contributed by atoms with van der Waals surface area (Å²) >= 11 is 0. The van der Waals surface area contributed by atoms with Gasteiger partial charge < -0.3 is 10.2 Å². The van der Waals surface area contributed by atoms with Crippen molar-refractivity contribution in [3.63, 3.8) is 0 Å². The molecule has 27 heavy (non-hydrogen) atoms. The molecule has 0 aromatic heterocycles. The van der Waals surface area contributed by atoms with Crippen LogP contribution in [-0.4, -0.2) is 21.8 Å². The van der Waals surface area contributed by atoms with Gasteiger partial charge in [-0.3, -0.25) is 9.59 Å². The SMILES string of the molecule is CC1(C)CC(=O)C(C(C2=C(O)CC(C)(C)CC2=O)C2CCCCC2)=C(O)C1. The first kappa shape index (κ1) is 20.2. The van der Waals surface area contributed by atoms with Gasteiger partial charge in [0.25, 0.3) is 0 Å².